The summed E-state index contributed by atoms with van der Waals surface area (Å²) in [5, 5.41) is 11.9. The number of Topliss-reactive ketones (excluding diaryl/α,β-unsaturated/α-hetero) is 1. The maximum Gasteiger partial charge on any atom is 0.258 e. The predicted octanol–water partition coefficient (Wildman–Crippen LogP) is 5.09. The van der Waals surface area contributed by atoms with Crippen LogP contribution in [0, 0.1) is 10.1 Å². The summed E-state index contributed by atoms with van der Waals surface area (Å²) in [4.78, 5) is 24.9. The second kappa shape index (κ2) is 6.96. The molecule has 0 saturated heterocycles. The molecule has 27 heavy (non-hydrogen) atoms. The minimum Gasteiger partial charge on any atom is -0.336 e. The normalized spacial score (nSPS) is 18.5. The first-order valence-electron chi connectivity index (χ1n) is 8.44. The van der Waals surface area contributed by atoms with Crippen molar-refractivity contribution in [1.29, 1.82) is 0 Å². The summed E-state index contributed by atoms with van der Waals surface area (Å²) in [5.74, 6) is -0.837. The van der Waals surface area contributed by atoms with Crippen LogP contribution in [0.1, 0.15) is 33.6 Å². The van der Waals surface area contributed by atoms with E-state index in [4.69, 9.17) is 0 Å². The molecule has 5 nitrogen and oxygen atoms in total. The Morgan fingerprint density at radius 3 is 2.52 bits per heavy atom. The number of benzene rings is 2. The van der Waals surface area contributed by atoms with Gasteiger partial charge in [0.1, 0.15) is 12.0 Å². The first kappa shape index (κ1) is 17.4. The summed E-state index contributed by atoms with van der Waals surface area (Å²) in [6.45, 7) is 0. The molecule has 4 rings (SSSR count). The number of carbonyl (C=O) groups is 1. The van der Waals surface area contributed by atoms with Crippen molar-refractivity contribution in [2.24, 2.45) is 0 Å². The standard InChI is InChI=1S/C21H15BrN2O3/c22-16-9-4-8-15(12-16)19-18(24(26)27)13-17-10-5-11-23(17)20(19)21(25)14-6-2-1-3-7-14/h1-13,19-20H. The van der Waals surface area contributed by atoms with Gasteiger partial charge in [-0.1, -0.05) is 58.4 Å². The number of ketones is 1. The van der Waals surface area contributed by atoms with E-state index in [1.54, 1.807) is 48.7 Å². The second-order valence-electron chi connectivity index (χ2n) is 6.37. The van der Waals surface area contributed by atoms with Gasteiger partial charge in [0.2, 0.25) is 0 Å². The molecule has 0 radical (unpaired) electrons. The van der Waals surface area contributed by atoms with Crippen molar-refractivity contribution >= 4 is 27.8 Å². The lowest BCUT2D eigenvalue weighted by Gasteiger charge is -2.30. The fourth-order valence-corrected chi connectivity index (χ4v) is 4.03. The second-order valence-corrected chi connectivity index (χ2v) is 7.29. The summed E-state index contributed by atoms with van der Waals surface area (Å²) >= 11 is 3.43. The molecular weight excluding hydrogens is 408 g/mol. The number of carbonyl (C=O) groups excluding carboxylic acids is 1. The number of hydrogen-bond acceptors (Lipinski definition) is 3. The molecule has 1 aliphatic rings. The van der Waals surface area contributed by atoms with E-state index in [1.807, 2.05) is 34.9 Å². The van der Waals surface area contributed by atoms with Gasteiger partial charge in [-0.15, -0.1) is 0 Å². The highest BCUT2D eigenvalue weighted by Crippen LogP contribution is 2.43. The number of nitrogens with zero attached hydrogens (tertiary/aromatic N) is 2. The fraction of sp³-hybridized carbons (Fsp3) is 0.0952. The van der Waals surface area contributed by atoms with Gasteiger partial charge in [-0.3, -0.25) is 14.9 Å². The van der Waals surface area contributed by atoms with Crippen molar-refractivity contribution in [2.45, 2.75) is 12.0 Å². The number of nitro groups is 1. The number of rotatable bonds is 4. The Morgan fingerprint density at radius 2 is 1.81 bits per heavy atom. The van der Waals surface area contributed by atoms with Gasteiger partial charge < -0.3 is 4.57 Å². The zero-order chi connectivity index (χ0) is 19.0. The third kappa shape index (κ3) is 3.13. The number of fused-ring (bicyclic) bond motifs is 1. The number of hydrogen-bond donors (Lipinski definition) is 0. The summed E-state index contributed by atoms with van der Waals surface area (Å²) in [5.41, 5.74) is 1.93. The van der Waals surface area contributed by atoms with Gasteiger partial charge in [-0.05, 0) is 29.8 Å². The number of aromatic nitrogens is 1. The number of halogens is 1. The van der Waals surface area contributed by atoms with Gasteiger partial charge >= 0.3 is 0 Å². The Balaban J connectivity index is 1.93. The van der Waals surface area contributed by atoms with E-state index in [2.05, 4.69) is 15.9 Å². The van der Waals surface area contributed by atoms with Crippen LogP contribution in [0.15, 0.2) is 83.1 Å². The molecule has 0 spiro atoms. The van der Waals surface area contributed by atoms with Crippen LogP contribution in [0.5, 0.6) is 0 Å². The Kier molecular flexibility index (Phi) is 4.49. The fourth-order valence-electron chi connectivity index (χ4n) is 3.62. The Bertz CT molecular complexity index is 1060. The zero-order valence-corrected chi connectivity index (χ0v) is 15.7. The molecule has 2 atom stereocenters. The van der Waals surface area contributed by atoms with Crippen LogP contribution in [0.3, 0.4) is 0 Å². The van der Waals surface area contributed by atoms with Crippen LogP contribution in [-0.4, -0.2) is 15.3 Å². The van der Waals surface area contributed by atoms with Crippen molar-refractivity contribution in [3.63, 3.8) is 0 Å². The quantitative estimate of drug-likeness (QED) is 0.334. The zero-order valence-electron chi connectivity index (χ0n) is 14.2. The monoisotopic (exact) mass is 422 g/mol. The molecule has 0 amide bonds. The van der Waals surface area contributed by atoms with Crippen LogP contribution in [0.4, 0.5) is 0 Å². The Morgan fingerprint density at radius 1 is 1.04 bits per heavy atom. The van der Waals surface area contributed by atoms with E-state index in [0.29, 0.717) is 11.3 Å². The van der Waals surface area contributed by atoms with E-state index in [0.717, 1.165) is 10.0 Å². The van der Waals surface area contributed by atoms with Gasteiger partial charge in [0.05, 0.1) is 4.92 Å². The van der Waals surface area contributed by atoms with Crippen LogP contribution >= 0.6 is 15.9 Å². The maximum absolute atomic E-state index is 13.4. The molecule has 0 saturated carbocycles. The molecule has 134 valence electrons. The Hall–Kier alpha value is -2.99. The summed E-state index contributed by atoms with van der Waals surface area (Å²) in [7, 11) is 0. The molecular formula is C21H15BrN2O3. The average Bonchev–Trinajstić information content (AvgIpc) is 3.15. The molecule has 2 aromatic carbocycles. The van der Waals surface area contributed by atoms with Crippen molar-refractivity contribution in [2.75, 3.05) is 0 Å². The van der Waals surface area contributed by atoms with Gasteiger partial charge in [0, 0.05) is 28.0 Å². The lowest BCUT2D eigenvalue weighted by atomic mass is 9.82. The summed E-state index contributed by atoms with van der Waals surface area (Å²) in [6.07, 6.45) is 3.36. The van der Waals surface area contributed by atoms with Gasteiger partial charge in [0.25, 0.3) is 5.70 Å². The average molecular weight is 423 g/mol. The predicted molar refractivity (Wildman–Crippen MR) is 106 cm³/mol. The SMILES string of the molecule is O=C(c1ccccc1)C1C(c2cccc(Br)c2)C([N+](=O)[O-])=Cc2cccn21. The molecule has 0 bridgehead atoms. The highest BCUT2D eigenvalue weighted by molar-refractivity contribution is 9.10. The molecule has 2 unspecified atom stereocenters. The first-order valence-corrected chi connectivity index (χ1v) is 9.23. The molecule has 1 aromatic heterocycles. The molecule has 0 fully saturated rings. The maximum atomic E-state index is 13.4. The van der Waals surface area contributed by atoms with Crippen LogP contribution in [0.2, 0.25) is 0 Å². The minimum absolute atomic E-state index is 0.0218. The van der Waals surface area contributed by atoms with Crippen molar-refractivity contribution in [3.05, 3.63) is 110 Å². The third-order valence-corrected chi connectivity index (χ3v) is 5.28. The van der Waals surface area contributed by atoms with Gasteiger partial charge in [-0.25, -0.2) is 0 Å². The minimum atomic E-state index is -0.725. The van der Waals surface area contributed by atoms with Crippen LogP contribution in [-0.2, 0) is 0 Å². The first-order chi connectivity index (χ1) is 13.1. The topological polar surface area (TPSA) is 65.1 Å². The number of allylic oxidation sites excluding steroid dienone is 1. The van der Waals surface area contributed by atoms with Gasteiger partial charge in [0.15, 0.2) is 5.78 Å². The molecule has 6 heteroatoms. The molecule has 0 N–H and O–H groups in total. The summed E-state index contributed by atoms with van der Waals surface area (Å²) < 4.78 is 2.64. The molecule has 1 aliphatic heterocycles. The van der Waals surface area contributed by atoms with Crippen molar-refractivity contribution in [3.8, 4) is 0 Å². The highest BCUT2D eigenvalue weighted by Gasteiger charge is 2.43. The highest BCUT2D eigenvalue weighted by atomic mass is 79.9. The van der Waals surface area contributed by atoms with E-state index in [9.17, 15) is 14.9 Å². The summed E-state index contributed by atoms with van der Waals surface area (Å²) in [6, 6.07) is 19.1. The van der Waals surface area contributed by atoms with Crippen molar-refractivity contribution < 1.29 is 9.72 Å². The molecule has 2 heterocycles. The van der Waals surface area contributed by atoms with Crippen LogP contribution < -0.4 is 0 Å². The van der Waals surface area contributed by atoms with E-state index >= 15 is 0 Å². The lowest BCUT2D eigenvalue weighted by Crippen LogP contribution is -2.32. The lowest BCUT2D eigenvalue weighted by molar-refractivity contribution is -0.429. The Labute approximate surface area is 164 Å². The molecule has 0 aliphatic carbocycles. The smallest absolute Gasteiger partial charge is 0.258 e. The van der Waals surface area contributed by atoms with Crippen molar-refractivity contribution in [1.82, 2.24) is 4.57 Å². The van der Waals surface area contributed by atoms with Crippen LogP contribution in [0.25, 0.3) is 6.08 Å². The van der Waals surface area contributed by atoms with E-state index < -0.39 is 12.0 Å². The van der Waals surface area contributed by atoms with E-state index in [-0.39, 0.29) is 16.4 Å². The molecule has 3 aromatic rings. The van der Waals surface area contributed by atoms with Gasteiger partial charge in [-0.2, -0.15) is 0 Å². The largest absolute Gasteiger partial charge is 0.336 e. The third-order valence-electron chi connectivity index (χ3n) is 4.79. The van der Waals surface area contributed by atoms with E-state index in [1.165, 1.54) is 0 Å².